The van der Waals surface area contributed by atoms with Crippen molar-refractivity contribution in [1.82, 2.24) is 0 Å². The second kappa shape index (κ2) is 5.88. The quantitative estimate of drug-likeness (QED) is 0.680. The van der Waals surface area contributed by atoms with E-state index in [0.717, 1.165) is 18.4 Å². The third-order valence-corrected chi connectivity index (χ3v) is 5.77. The molecular formula is C19H24O3. The van der Waals surface area contributed by atoms with Crippen LogP contribution in [-0.2, 0) is 4.74 Å². The molecule has 3 rings (SSSR count). The van der Waals surface area contributed by atoms with Crippen molar-refractivity contribution in [3.63, 3.8) is 0 Å². The summed E-state index contributed by atoms with van der Waals surface area (Å²) < 4.78 is 4.72. The largest absolute Gasteiger partial charge is 0.465 e. The molecule has 0 spiro atoms. The lowest BCUT2D eigenvalue weighted by Crippen LogP contribution is -2.44. The fourth-order valence-corrected chi connectivity index (χ4v) is 4.30. The van der Waals surface area contributed by atoms with Gasteiger partial charge in [-0.05, 0) is 48.8 Å². The molecule has 1 N–H and O–H groups in total. The van der Waals surface area contributed by atoms with Gasteiger partial charge in [0.05, 0.1) is 18.8 Å². The fraction of sp³-hybridized carbons (Fsp3) is 0.526. The van der Waals surface area contributed by atoms with E-state index in [1.54, 1.807) is 12.1 Å². The zero-order chi connectivity index (χ0) is 15.7. The molecular weight excluding hydrogens is 276 g/mol. The Bertz CT molecular complexity index is 575. The maximum atomic E-state index is 11.5. The van der Waals surface area contributed by atoms with Gasteiger partial charge in [0.2, 0.25) is 0 Å². The normalized spacial score (nSPS) is 31.6. The summed E-state index contributed by atoms with van der Waals surface area (Å²) in [6, 6.07) is 7.19. The molecule has 1 aromatic rings. The molecule has 0 heterocycles. The van der Waals surface area contributed by atoms with Crippen LogP contribution in [0.5, 0.6) is 0 Å². The average molecular weight is 300 g/mol. The number of methoxy groups -OCH3 is 1. The summed E-state index contributed by atoms with van der Waals surface area (Å²) in [5.74, 6) is 0.631. The van der Waals surface area contributed by atoms with Crippen molar-refractivity contribution in [3.05, 3.63) is 47.5 Å². The molecule has 3 heteroatoms. The lowest BCUT2D eigenvalue weighted by molar-refractivity contribution is -0.0675. The number of ether oxygens (including phenoxy) is 1. The molecule has 0 amide bonds. The van der Waals surface area contributed by atoms with Gasteiger partial charge in [-0.3, -0.25) is 0 Å². The fourth-order valence-electron chi connectivity index (χ4n) is 4.30. The zero-order valence-corrected chi connectivity index (χ0v) is 13.3. The van der Waals surface area contributed by atoms with Crippen LogP contribution < -0.4 is 0 Å². The number of aliphatic hydroxyl groups is 1. The molecule has 4 atom stereocenters. The summed E-state index contributed by atoms with van der Waals surface area (Å²) in [5, 5.41) is 11.0. The van der Waals surface area contributed by atoms with Crippen LogP contribution in [0.2, 0.25) is 0 Å². The summed E-state index contributed by atoms with van der Waals surface area (Å²) >= 11 is 0. The van der Waals surface area contributed by atoms with Crippen LogP contribution in [0.4, 0.5) is 0 Å². The number of benzene rings is 1. The van der Waals surface area contributed by atoms with E-state index in [4.69, 9.17) is 4.74 Å². The zero-order valence-electron chi connectivity index (χ0n) is 13.3. The van der Waals surface area contributed by atoms with Crippen molar-refractivity contribution in [2.24, 2.45) is 17.3 Å². The number of hydrogen-bond acceptors (Lipinski definition) is 3. The van der Waals surface area contributed by atoms with Crippen molar-refractivity contribution >= 4 is 5.97 Å². The molecule has 22 heavy (non-hydrogen) atoms. The number of carbonyl (C=O) groups excluding carboxylic acids is 1. The van der Waals surface area contributed by atoms with Crippen molar-refractivity contribution < 1.29 is 14.6 Å². The van der Waals surface area contributed by atoms with Crippen molar-refractivity contribution in [2.75, 3.05) is 7.11 Å². The number of carbonyl (C=O) groups is 1. The van der Waals surface area contributed by atoms with Gasteiger partial charge in [-0.25, -0.2) is 4.79 Å². The van der Waals surface area contributed by atoms with Crippen LogP contribution in [-0.4, -0.2) is 18.2 Å². The van der Waals surface area contributed by atoms with Crippen molar-refractivity contribution in [2.45, 2.75) is 38.7 Å². The van der Waals surface area contributed by atoms with Crippen LogP contribution in [0, 0.1) is 17.3 Å². The number of hydrogen-bond donors (Lipinski definition) is 1. The lowest BCUT2D eigenvalue weighted by Gasteiger charge is -2.51. The maximum absolute atomic E-state index is 11.5. The van der Waals surface area contributed by atoms with Crippen LogP contribution >= 0.6 is 0 Å². The van der Waals surface area contributed by atoms with E-state index in [2.05, 4.69) is 19.1 Å². The molecule has 4 unspecified atom stereocenters. The Balaban J connectivity index is 1.88. The molecule has 1 saturated carbocycles. The highest BCUT2D eigenvalue weighted by atomic mass is 16.5. The molecule has 2 bridgehead atoms. The first-order chi connectivity index (χ1) is 10.6. The summed E-state index contributed by atoms with van der Waals surface area (Å²) in [6.07, 6.45) is 8.73. The smallest absolute Gasteiger partial charge is 0.337 e. The molecule has 1 fully saturated rings. The minimum atomic E-state index is -0.501. The molecule has 0 aliphatic heterocycles. The number of esters is 1. The van der Waals surface area contributed by atoms with E-state index >= 15 is 0 Å². The summed E-state index contributed by atoms with van der Waals surface area (Å²) in [4.78, 5) is 11.5. The van der Waals surface area contributed by atoms with E-state index < -0.39 is 6.10 Å². The molecule has 2 aliphatic rings. The van der Waals surface area contributed by atoms with Gasteiger partial charge in [0, 0.05) is 5.41 Å². The monoisotopic (exact) mass is 300 g/mol. The van der Waals surface area contributed by atoms with Gasteiger partial charge in [0.1, 0.15) is 0 Å². The predicted molar refractivity (Wildman–Crippen MR) is 85.4 cm³/mol. The minimum Gasteiger partial charge on any atom is -0.465 e. The highest BCUT2D eigenvalue weighted by molar-refractivity contribution is 5.89. The van der Waals surface area contributed by atoms with Crippen molar-refractivity contribution in [1.29, 1.82) is 0 Å². The summed E-state index contributed by atoms with van der Waals surface area (Å²) in [6.45, 7) is 2.23. The Morgan fingerprint density at radius 2 is 2.05 bits per heavy atom. The molecule has 118 valence electrons. The maximum Gasteiger partial charge on any atom is 0.337 e. The standard InChI is InChI=1S/C19H24O3/c1-19(15-5-3-6-16(19)8-4-7-15)17(20)13-9-11-14(12-10-13)18(21)22-2/h3,5,9-12,15-17,20H,4,6-8H2,1-2H3. The van der Waals surface area contributed by atoms with Crippen LogP contribution in [0.3, 0.4) is 0 Å². The van der Waals surface area contributed by atoms with Gasteiger partial charge in [-0.1, -0.05) is 37.6 Å². The molecule has 2 aliphatic carbocycles. The van der Waals surface area contributed by atoms with Gasteiger partial charge in [-0.15, -0.1) is 0 Å². The highest BCUT2D eigenvalue weighted by Crippen LogP contribution is 2.56. The molecule has 3 nitrogen and oxygen atoms in total. The Kier molecular flexibility index (Phi) is 4.09. The van der Waals surface area contributed by atoms with Gasteiger partial charge in [-0.2, -0.15) is 0 Å². The second-order valence-corrected chi connectivity index (χ2v) is 6.78. The molecule has 1 aromatic carbocycles. The first-order valence-electron chi connectivity index (χ1n) is 8.10. The van der Waals surface area contributed by atoms with E-state index in [0.29, 0.717) is 17.4 Å². The van der Waals surface area contributed by atoms with E-state index in [9.17, 15) is 9.90 Å². The van der Waals surface area contributed by atoms with Crippen LogP contribution in [0.25, 0.3) is 0 Å². The van der Waals surface area contributed by atoms with E-state index in [1.807, 2.05) is 12.1 Å². The minimum absolute atomic E-state index is 0.111. The highest BCUT2D eigenvalue weighted by Gasteiger charge is 2.49. The Morgan fingerprint density at radius 1 is 1.32 bits per heavy atom. The van der Waals surface area contributed by atoms with Gasteiger partial charge < -0.3 is 9.84 Å². The average Bonchev–Trinajstić information content (AvgIpc) is 2.53. The predicted octanol–water partition coefficient (Wildman–Crippen LogP) is 3.89. The second-order valence-electron chi connectivity index (χ2n) is 6.78. The first-order valence-corrected chi connectivity index (χ1v) is 8.10. The van der Waals surface area contributed by atoms with Gasteiger partial charge in [0.15, 0.2) is 0 Å². The van der Waals surface area contributed by atoms with Crippen LogP contribution in [0.15, 0.2) is 36.4 Å². The molecule has 0 radical (unpaired) electrons. The third-order valence-electron chi connectivity index (χ3n) is 5.77. The SMILES string of the molecule is COC(=O)c1ccc(C(O)C2(C)C3C=CCC2CCC3)cc1. The van der Waals surface area contributed by atoms with Gasteiger partial charge >= 0.3 is 5.97 Å². The Hall–Kier alpha value is -1.61. The third kappa shape index (κ3) is 2.38. The number of fused-ring (bicyclic) bond motifs is 2. The van der Waals surface area contributed by atoms with Crippen LogP contribution in [0.1, 0.15) is 54.6 Å². The summed E-state index contributed by atoms with van der Waals surface area (Å²) in [5.41, 5.74) is 1.30. The molecule has 0 saturated heterocycles. The lowest BCUT2D eigenvalue weighted by atomic mass is 9.54. The van der Waals surface area contributed by atoms with Crippen molar-refractivity contribution in [3.8, 4) is 0 Å². The molecule has 0 aromatic heterocycles. The summed E-state index contributed by atoms with van der Waals surface area (Å²) in [7, 11) is 1.38. The van der Waals surface area contributed by atoms with E-state index in [-0.39, 0.29) is 11.4 Å². The first kappa shape index (κ1) is 15.3. The van der Waals surface area contributed by atoms with E-state index in [1.165, 1.54) is 20.0 Å². The number of rotatable bonds is 3. The number of allylic oxidation sites excluding steroid dienone is 2. The number of aliphatic hydroxyl groups excluding tert-OH is 1. The Labute approximate surface area is 132 Å². The topological polar surface area (TPSA) is 46.5 Å². The Morgan fingerprint density at radius 3 is 2.68 bits per heavy atom. The van der Waals surface area contributed by atoms with Gasteiger partial charge in [0.25, 0.3) is 0 Å².